The largest absolute Gasteiger partial charge is 0.493 e. The van der Waals surface area contributed by atoms with Gasteiger partial charge in [-0.25, -0.2) is 0 Å². The number of aryl methyl sites for hydroxylation is 1. The van der Waals surface area contributed by atoms with Crippen LogP contribution in [0.5, 0.6) is 11.5 Å². The van der Waals surface area contributed by atoms with Crippen LogP contribution in [-0.4, -0.2) is 39.3 Å². The Balaban J connectivity index is 1.38. The Labute approximate surface area is 179 Å². The fourth-order valence-corrected chi connectivity index (χ4v) is 3.78. The minimum atomic E-state index is -0.130. The second-order valence-corrected chi connectivity index (χ2v) is 7.70. The normalized spacial score (nSPS) is 15.5. The first-order valence-electron chi connectivity index (χ1n) is 10.8. The summed E-state index contributed by atoms with van der Waals surface area (Å²) in [5, 5.41) is 3.50. The summed E-state index contributed by atoms with van der Waals surface area (Å²) in [5.41, 5.74) is 3.09. The van der Waals surface area contributed by atoms with Crippen molar-refractivity contribution < 1.29 is 14.3 Å². The number of rotatable bonds is 11. The number of unbranched alkanes of at least 4 members (excludes halogenated alkanes) is 1. The Morgan fingerprint density at radius 2 is 1.73 bits per heavy atom. The molecule has 2 aromatic carbocycles. The summed E-state index contributed by atoms with van der Waals surface area (Å²) in [6.07, 6.45) is 7.46. The van der Waals surface area contributed by atoms with Crippen molar-refractivity contribution in [2.75, 3.05) is 27.3 Å². The highest BCUT2D eigenvalue weighted by atomic mass is 16.5. The molecule has 5 heteroatoms. The van der Waals surface area contributed by atoms with Gasteiger partial charge in [0.1, 0.15) is 5.78 Å². The molecule has 0 aromatic heterocycles. The lowest BCUT2D eigenvalue weighted by atomic mass is 9.95. The van der Waals surface area contributed by atoms with E-state index in [4.69, 9.17) is 9.47 Å². The van der Waals surface area contributed by atoms with E-state index in [1.54, 1.807) is 20.4 Å². The molecule has 0 bridgehead atoms. The summed E-state index contributed by atoms with van der Waals surface area (Å²) in [6.45, 7) is 1.95. The molecule has 1 atom stereocenters. The molecule has 2 aromatic rings. The highest BCUT2D eigenvalue weighted by Gasteiger charge is 2.22. The van der Waals surface area contributed by atoms with Gasteiger partial charge in [0.15, 0.2) is 11.5 Å². The third-order valence-electron chi connectivity index (χ3n) is 5.54. The third kappa shape index (κ3) is 6.17. The highest BCUT2D eigenvalue weighted by molar-refractivity contribution is 5.99. The molecular weight excluding hydrogens is 376 g/mol. The van der Waals surface area contributed by atoms with E-state index in [9.17, 15) is 4.79 Å². The van der Waals surface area contributed by atoms with Gasteiger partial charge in [0.05, 0.1) is 25.8 Å². The molecule has 5 nitrogen and oxygen atoms in total. The van der Waals surface area contributed by atoms with Gasteiger partial charge in [-0.2, -0.15) is 0 Å². The summed E-state index contributed by atoms with van der Waals surface area (Å²) < 4.78 is 10.7. The van der Waals surface area contributed by atoms with E-state index in [2.05, 4.69) is 40.6 Å². The molecule has 3 rings (SSSR count). The fraction of sp³-hybridized carbons (Fsp3) is 0.440. The third-order valence-corrected chi connectivity index (χ3v) is 5.54. The molecule has 0 aliphatic carbocycles. The van der Waals surface area contributed by atoms with Gasteiger partial charge in [0.2, 0.25) is 0 Å². The van der Waals surface area contributed by atoms with Crippen LogP contribution >= 0.6 is 0 Å². The number of Topliss-reactive ketones (excluding diaryl/α,β-unsaturated/α-hetero) is 1. The maximum Gasteiger partial charge on any atom is 0.162 e. The number of benzene rings is 2. The molecular formula is C25H32N2O3. The van der Waals surface area contributed by atoms with Gasteiger partial charge < -0.3 is 14.8 Å². The lowest BCUT2D eigenvalue weighted by molar-refractivity contribution is -0.120. The van der Waals surface area contributed by atoms with Crippen LogP contribution in [0, 0.1) is 5.92 Å². The van der Waals surface area contributed by atoms with Gasteiger partial charge in [-0.3, -0.25) is 9.79 Å². The van der Waals surface area contributed by atoms with Crippen molar-refractivity contribution in [3.05, 3.63) is 53.6 Å². The number of nitrogens with one attached hydrogen (secondary N) is 1. The van der Waals surface area contributed by atoms with Gasteiger partial charge in [0.25, 0.3) is 0 Å². The van der Waals surface area contributed by atoms with Crippen LogP contribution < -0.4 is 14.8 Å². The van der Waals surface area contributed by atoms with E-state index < -0.39 is 0 Å². The van der Waals surface area contributed by atoms with E-state index in [1.807, 2.05) is 12.1 Å². The van der Waals surface area contributed by atoms with Crippen molar-refractivity contribution in [2.45, 2.75) is 38.5 Å². The van der Waals surface area contributed by atoms with Crippen molar-refractivity contribution in [3.63, 3.8) is 0 Å². The van der Waals surface area contributed by atoms with E-state index in [1.165, 1.54) is 12.0 Å². The topological polar surface area (TPSA) is 59.9 Å². The quantitative estimate of drug-likeness (QED) is 0.555. The maximum atomic E-state index is 12.7. The zero-order valence-corrected chi connectivity index (χ0v) is 18.0. The molecule has 0 fully saturated rings. The summed E-state index contributed by atoms with van der Waals surface area (Å²) >= 11 is 0. The number of methoxy groups -OCH3 is 2. The maximum absolute atomic E-state index is 12.7. The fourth-order valence-electron chi connectivity index (χ4n) is 3.78. The van der Waals surface area contributed by atoms with E-state index in [-0.39, 0.29) is 11.7 Å². The molecule has 30 heavy (non-hydrogen) atoms. The van der Waals surface area contributed by atoms with Crippen LogP contribution in [0.2, 0.25) is 0 Å². The van der Waals surface area contributed by atoms with Gasteiger partial charge in [-0.05, 0) is 62.4 Å². The molecule has 1 unspecified atom stereocenters. The first-order chi connectivity index (χ1) is 14.7. The number of nitrogens with zero attached hydrogens (tertiary/aromatic N) is 1. The Kier molecular flexibility index (Phi) is 8.45. The Morgan fingerprint density at radius 1 is 1.00 bits per heavy atom. The lowest BCUT2D eigenvalue weighted by Crippen LogP contribution is -2.21. The smallest absolute Gasteiger partial charge is 0.162 e. The number of hydrogen-bond donors (Lipinski definition) is 1. The van der Waals surface area contributed by atoms with Gasteiger partial charge >= 0.3 is 0 Å². The number of carbonyl (C=O) groups is 1. The molecule has 160 valence electrons. The summed E-state index contributed by atoms with van der Waals surface area (Å²) in [4.78, 5) is 17.3. The molecule has 0 radical (unpaired) electrons. The predicted molar refractivity (Wildman–Crippen MR) is 121 cm³/mol. The molecule has 0 saturated carbocycles. The monoisotopic (exact) mass is 408 g/mol. The highest BCUT2D eigenvalue weighted by Crippen LogP contribution is 2.36. The zero-order chi connectivity index (χ0) is 21.2. The second kappa shape index (κ2) is 11.5. The predicted octanol–water partition coefficient (Wildman–Crippen LogP) is 4.54. The number of aliphatic imine (C=N–C) groups is 1. The number of fused-ring (bicyclic) bond motifs is 1. The van der Waals surface area contributed by atoms with Crippen LogP contribution in [0.25, 0.3) is 0 Å². The second-order valence-electron chi connectivity index (χ2n) is 7.70. The molecule has 1 N–H and O–H groups in total. The molecule has 1 heterocycles. The zero-order valence-electron chi connectivity index (χ0n) is 18.0. The first kappa shape index (κ1) is 22.0. The first-order valence-corrected chi connectivity index (χ1v) is 10.8. The Hall–Kier alpha value is -2.66. The number of hydrogen-bond acceptors (Lipinski definition) is 5. The van der Waals surface area contributed by atoms with Gasteiger partial charge in [0, 0.05) is 18.7 Å². The average molecular weight is 409 g/mol. The molecule has 1 aliphatic rings. The summed E-state index contributed by atoms with van der Waals surface area (Å²) in [6, 6.07) is 14.3. The standard InChI is InChI=1S/C25H32N2O3/c1-29-24-16-21-15-23(28)20(18-27-22(21)17-25(24)30-2)12-8-14-26-13-7-6-11-19-9-4-3-5-10-19/h3-5,9-10,16-18,20,26H,6-8,11-15H2,1-2H3. The lowest BCUT2D eigenvalue weighted by Gasteiger charge is -2.11. The molecule has 0 amide bonds. The summed E-state index contributed by atoms with van der Waals surface area (Å²) in [5.74, 6) is 1.35. The van der Waals surface area contributed by atoms with Crippen molar-refractivity contribution in [3.8, 4) is 11.5 Å². The minimum Gasteiger partial charge on any atom is -0.493 e. The van der Waals surface area contributed by atoms with E-state index >= 15 is 0 Å². The molecule has 1 aliphatic heterocycles. The Morgan fingerprint density at radius 3 is 2.50 bits per heavy atom. The van der Waals surface area contributed by atoms with Crippen molar-refractivity contribution in [1.82, 2.24) is 5.32 Å². The Bertz CT molecular complexity index is 849. The number of ether oxygens (including phenoxy) is 2. The average Bonchev–Trinajstić information content (AvgIpc) is 2.93. The summed E-state index contributed by atoms with van der Waals surface area (Å²) in [7, 11) is 3.21. The van der Waals surface area contributed by atoms with Crippen LogP contribution in [0.1, 0.15) is 36.8 Å². The molecule has 0 spiro atoms. The minimum absolute atomic E-state index is 0.130. The number of carbonyl (C=O) groups excluding carboxylic acids is 1. The van der Waals surface area contributed by atoms with Gasteiger partial charge in [-0.1, -0.05) is 30.3 Å². The van der Waals surface area contributed by atoms with E-state index in [0.29, 0.717) is 17.9 Å². The van der Waals surface area contributed by atoms with Crippen LogP contribution in [0.3, 0.4) is 0 Å². The molecule has 0 saturated heterocycles. The van der Waals surface area contributed by atoms with Crippen molar-refractivity contribution >= 4 is 17.7 Å². The van der Waals surface area contributed by atoms with Crippen LogP contribution in [0.4, 0.5) is 5.69 Å². The number of ketones is 1. The van der Waals surface area contributed by atoms with Crippen LogP contribution in [-0.2, 0) is 17.6 Å². The van der Waals surface area contributed by atoms with Crippen molar-refractivity contribution in [2.24, 2.45) is 10.9 Å². The van der Waals surface area contributed by atoms with Crippen LogP contribution in [0.15, 0.2) is 47.5 Å². The van der Waals surface area contributed by atoms with Crippen molar-refractivity contribution in [1.29, 1.82) is 0 Å². The van der Waals surface area contributed by atoms with Gasteiger partial charge in [-0.15, -0.1) is 0 Å². The van der Waals surface area contributed by atoms with E-state index in [0.717, 1.165) is 50.0 Å². The SMILES string of the molecule is COc1cc2c(cc1OC)N=CC(CCCNCCCCc1ccccc1)C(=O)C2.